The van der Waals surface area contributed by atoms with E-state index in [9.17, 15) is 4.79 Å². The van der Waals surface area contributed by atoms with Gasteiger partial charge in [0.1, 0.15) is 5.60 Å². The fourth-order valence-electron chi connectivity index (χ4n) is 2.70. The highest BCUT2D eigenvalue weighted by molar-refractivity contribution is 14.0. The summed E-state index contributed by atoms with van der Waals surface area (Å²) in [6.07, 6.45) is 2.86. The molecule has 25 heavy (non-hydrogen) atoms. The molecule has 0 radical (unpaired) electrons. The second kappa shape index (κ2) is 10.4. The Balaban J connectivity index is 0.00000576. The summed E-state index contributed by atoms with van der Waals surface area (Å²) < 4.78 is 5.32. The lowest BCUT2D eigenvalue weighted by Crippen LogP contribution is -2.44. The second-order valence-electron chi connectivity index (χ2n) is 8.72. The zero-order valence-electron chi connectivity index (χ0n) is 16.9. The van der Waals surface area contributed by atoms with Gasteiger partial charge in [-0.05, 0) is 45.4 Å². The fraction of sp³-hybridized carbons (Fsp3) is 0.889. The van der Waals surface area contributed by atoms with Crippen LogP contribution in [0.4, 0.5) is 4.79 Å². The topological polar surface area (TPSA) is 66.0 Å². The van der Waals surface area contributed by atoms with Crippen molar-refractivity contribution in [2.45, 2.75) is 72.4 Å². The SMILES string of the molecule is CN=C(NCCCC(C)(C)C)N1CCC(NC(=O)OC(C)(C)C)C1.I. The molecule has 1 atom stereocenters. The van der Waals surface area contributed by atoms with Crippen molar-refractivity contribution < 1.29 is 9.53 Å². The van der Waals surface area contributed by atoms with E-state index in [1.54, 1.807) is 7.05 Å². The minimum absolute atomic E-state index is 0. The Morgan fingerprint density at radius 2 is 1.88 bits per heavy atom. The zero-order valence-corrected chi connectivity index (χ0v) is 19.3. The number of alkyl carbamates (subject to hydrolysis) is 1. The maximum atomic E-state index is 11.9. The summed E-state index contributed by atoms with van der Waals surface area (Å²) in [5, 5.41) is 6.37. The number of halogens is 1. The number of amides is 1. The lowest BCUT2D eigenvalue weighted by Gasteiger charge is -2.24. The van der Waals surface area contributed by atoms with Crippen LogP contribution in [0.2, 0.25) is 0 Å². The Kier molecular flexibility index (Phi) is 10.1. The minimum atomic E-state index is -0.465. The average Bonchev–Trinajstić information content (AvgIpc) is 2.83. The van der Waals surface area contributed by atoms with Crippen molar-refractivity contribution in [1.82, 2.24) is 15.5 Å². The van der Waals surface area contributed by atoms with Gasteiger partial charge in [0.25, 0.3) is 0 Å². The van der Waals surface area contributed by atoms with E-state index in [-0.39, 0.29) is 36.1 Å². The van der Waals surface area contributed by atoms with Gasteiger partial charge in [-0.2, -0.15) is 0 Å². The van der Waals surface area contributed by atoms with E-state index in [4.69, 9.17) is 4.74 Å². The molecule has 1 fully saturated rings. The summed E-state index contributed by atoms with van der Waals surface area (Å²) in [6, 6.07) is 0.105. The molecule has 0 aromatic heterocycles. The molecule has 1 unspecified atom stereocenters. The van der Waals surface area contributed by atoms with Crippen molar-refractivity contribution in [2.75, 3.05) is 26.7 Å². The van der Waals surface area contributed by atoms with Gasteiger partial charge in [-0.15, -0.1) is 24.0 Å². The summed E-state index contributed by atoms with van der Waals surface area (Å²) in [5.41, 5.74) is -0.103. The van der Waals surface area contributed by atoms with Crippen molar-refractivity contribution in [3.05, 3.63) is 0 Å². The van der Waals surface area contributed by atoms with Gasteiger partial charge in [0, 0.05) is 26.7 Å². The van der Waals surface area contributed by atoms with Gasteiger partial charge in [-0.25, -0.2) is 4.79 Å². The number of nitrogens with zero attached hydrogens (tertiary/aromatic N) is 2. The van der Waals surface area contributed by atoms with Crippen LogP contribution in [0.3, 0.4) is 0 Å². The third-order valence-corrected chi connectivity index (χ3v) is 3.81. The Morgan fingerprint density at radius 1 is 1.24 bits per heavy atom. The first kappa shape index (κ1) is 24.3. The first-order valence-corrected chi connectivity index (χ1v) is 8.95. The summed E-state index contributed by atoms with van der Waals surface area (Å²) in [7, 11) is 1.81. The van der Waals surface area contributed by atoms with Gasteiger partial charge >= 0.3 is 6.09 Å². The van der Waals surface area contributed by atoms with Gasteiger partial charge in [-0.1, -0.05) is 20.8 Å². The molecule has 0 bridgehead atoms. The van der Waals surface area contributed by atoms with E-state index in [1.165, 1.54) is 6.42 Å². The number of ether oxygens (including phenoxy) is 1. The van der Waals surface area contributed by atoms with E-state index in [0.717, 1.165) is 38.4 Å². The van der Waals surface area contributed by atoms with Gasteiger partial charge in [-0.3, -0.25) is 4.99 Å². The van der Waals surface area contributed by atoms with Crippen LogP contribution >= 0.6 is 24.0 Å². The molecule has 0 saturated carbocycles. The first-order valence-electron chi connectivity index (χ1n) is 8.95. The summed E-state index contributed by atoms with van der Waals surface area (Å²) >= 11 is 0. The van der Waals surface area contributed by atoms with Gasteiger partial charge in [0.05, 0.1) is 6.04 Å². The monoisotopic (exact) mass is 468 g/mol. The molecule has 1 aliphatic rings. The molecule has 0 spiro atoms. The van der Waals surface area contributed by atoms with Crippen molar-refractivity contribution in [3.8, 4) is 0 Å². The molecule has 6 nitrogen and oxygen atoms in total. The number of nitrogens with one attached hydrogen (secondary N) is 2. The Morgan fingerprint density at radius 3 is 2.40 bits per heavy atom. The van der Waals surface area contributed by atoms with Crippen molar-refractivity contribution in [3.63, 3.8) is 0 Å². The molecule has 2 N–H and O–H groups in total. The average molecular weight is 468 g/mol. The molecule has 148 valence electrons. The zero-order chi connectivity index (χ0) is 18.4. The summed E-state index contributed by atoms with van der Waals surface area (Å²) in [4.78, 5) is 18.4. The lowest BCUT2D eigenvalue weighted by atomic mass is 9.91. The molecule has 1 aliphatic heterocycles. The van der Waals surface area contributed by atoms with Gasteiger partial charge in [0.15, 0.2) is 5.96 Å². The lowest BCUT2D eigenvalue weighted by molar-refractivity contribution is 0.0507. The van der Waals surface area contributed by atoms with Crippen LogP contribution in [-0.2, 0) is 4.74 Å². The molecule has 1 rings (SSSR count). The molecule has 1 heterocycles. The summed E-state index contributed by atoms with van der Waals surface area (Å²) in [5.74, 6) is 0.914. The van der Waals surface area contributed by atoms with Crippen molar-refractivity contribution in [1.29, 1.82) is 0 Å². The Bertz CT molecular complexity index is 441. The minimum Gasteiger partial charge on any atom is -0.444 e. The fourth-order valence-corrected chi connectivity index (χ4v) is 2.70. The van der Waals surface area contributed by atoms with Crippen LogP contribution in [0.25, 0.3) is 0 Å². The number of hydrogen-bond acceptors (Lipinski definition) is 3. The number of guanidine groups is 1. The molecule has 0 aliphatic carbocycles. The number of hydrogen-bond donors (Lipinski definition) is 2. The van der Waals surface area contributed by atoms with E-state index in [2.05, 4.69) is 41.3 Å². The van der Waals surface area contributed by atoms with E-state index < -0.39 is 5.60 Å². The highest BCUT2D eigenvalue weighted by Gasteiger charge is 2.27. The first-order chi connectivity index (χ1) is 11.0. The van der Waals surface area contributed by atoms with Gasteiger partial charge < -0.3 is 20.3 Å². The standard InChI is InChI=1S/C18H36N4O2.HI/c1-17(2,3)10-8-11-20-15(19-7)22-12-9-14(13-22)21-16(23)24-18(4,5)6;/h14H,8-13H2,1-7H3,(H,19,20)(H,21,23);1H. The predicted molar refractivity (Wildman–Crippen MR) is 115 cm³/mol. The second-order valence-corrected chi connectivity index (χ2v) is 8.72. The highest BCUT2D eigenvalue weighted by Crippen LogP contribution is 2.20. The van der Waals surface area contributed by atoms with E-state index in [1.807, 2.05) is 20.8 Å². The molecule has 1 saturated heterocycles. The number of likely N-dealkylation sites (tertiary alicyclic amines) is 1. The third-order valence-electron chi connectivity index (χ3n) is 3.81. The molecule has 7 heteroatoms. The van der Waals surface area contributed by atoms with Crippen molar-refractivity contribution >= 4 is 36.0 Å². The molecule has 0 aromatic carbocycles. The highest BCUT2D eigenvalue weighted by atomic mass is 127. The van der Waals surface area contributed by atoms with Crippen LogP contribution in [-0.4, -0.2) is 55.3 Å². The quantitative estimate of drug-likeness (QED) is 0.287. The number of carbonyl (C=O) groups excluding carboxylic acids is 1. The normalized spacial score (nSPS) is 18.6. The van der Waals surface area contributed by atoms with E-state index in [0.29, 0.717) is 5.41 Å². The molecular weight excluding hydrogens is 431 g/mol. The van der Waals surface area contributed by atoms with Gasteiger partial charge in [0.2, 0.25) is 0 Å². The van der Waals surface area contributed by atoms with E-state index >= 15 is 0 Å². The maximum Gasteiger partial charge on any atom is 0.407 e. The predicted octanol–water partition coefficient (Wildman–Crippen LogP) is 3.61. The number of carbonyl (C=O) groups is 1. The van der Waals surface area contributed by atoms with Crippen LogP contribution in [0.1, 0.15) is 60.8 Å². The van der Waals surface area contributed by atoms with Crippen molar-refractivity contribution in [2.24, 2.45) is 10.4 Å². The van der Waals surface area contributed by atoms with Crippen LogP contribution in [0.5, 0.6) is 0 Å². The number of rotatable bonds is 4. The Hall–Kier alpha value is -0.730. The maximum absolute atomic E-state index is 11.9. The summed E-state index contributed by atoms with van der Waals surface area (Å²) in [6.45, 7) is 15.0. The molecular formula is C18H37IN4O2. The van der Waals surface area contributed by atoms with Crippen LogP contribution in [0.15, 0.2) is 4.99 Å². The van der Waals surface area contributed by atoms with Crippen LogP contribution < -0.4 is 10.6 Å². The third kappa shape index (κ3) is 10.8. The smallest absolute Gasteiger partial charge is 0.407 e. The molecule has 1 amide bonds. The molecule has 0 aromatic rings. The Labute approximate surface area is 170 Å². The van der Waals surface area contributed by atoms with Crippen LogP contribution in [0, 0.1) is 5.41 Å². The number of aliphatic imine (C=N–C) groups is 1. The largest absolute Gasteiger partial charge is 0.444 e.